The van der Waals surface area contributed by atoms with Gasteiger partial charge in [0.1, 0.15) is 0 Å². The third-order valence-electron chi connectivity index (χ3n) is 8.28. The van der Waals surface area contributed by atoms with Crippen LogP contribution in [-0.2, 0) is 21.7 Å². The molecular formula is C46H68N4O2Ti. The number of aliphatic hydroxyl groups excluding tert-OH is 2. The smallest absolute Gasteiger partial charge is 0.663 e. The van der Waals surface area contributed by atoms with Gasteiger partial charge in [-0.15, -0.1) is 11.4 Å². The quantitative estimate of drug-likeness (QED) is 0.125. The van der Waals surface area contributed by atoms with E-state index in [2.05, 4.69) is 113 Å². The third-order valence-corrected chi connectivity index (χ3v) is 8.28. The number of rotatable bonds is 14. The van der Waals surface area contributed by atoms with Crippen LogP contribution in [0.25, 0.3) is 21.3 Å². The Morgan fingerprint density at radius 2 is 0.642 bits per heavy atom. The summed E-state index contributed by atoms with van der Waals surface area (Å²) >= 11 is 0. The molecule has 0 aliphatic heterocycles. The zero-order valence-electron chi connectivity index (χ0n) is 34.7. The summed E-state index contributed by atoms with van der Waals surface area (Å²) < 4.78 is 0. The monoisotopic (exact) mass is 756 g/mol. The molecule has 0 amide bonds. The summed E-state index contributed by atoms with van der Waals surface area (Å²) in [6.07, 6.45) is -1.63. The van der Waals surface area contributed by atoms with Gasteiger partial charge in [-0.3, -0.25) is 0 Å². The van der Waals surface area contributed by atoms with Crippen LogP contribution in [-0.4, -0.2) is 36.4 Å². The normalized spacial score (nSPS) is 11.7. The van der Waals surface area contributed by atoms with Gasteiger partial charge in [-0.25, -0.2) is 0 Å². The Morgan fingerprint density at radius 1 is 0.396 bits per heavy atom. The van der Waals surface area contributed by atoms with Crippen LogP contribution in [0.3, 0.4) is 0 Å². The second-order valence-electron chi connectivity index (χ2n) is 13.7. The Balaban J connectivity index is 0.000000802. The van der Waals surface area contributed by atoms with Crippen LogP contribution in [0.15, 0.2) is 97.1 Å². The van der Waals surface area contributed by atoms with Crippen LogP contribution in [0.1, 0.15) is 153 Å². The van der Waals surface area contributed by atoms with E-state index in [-0.39, 0.29) is 21.7 Å². The van der Waals surface area contributed by atoms with Crippen LogP contribution >= 0.6 is 0 Å². The zero-order valence-corrected chi connectivity index (χ0v) is 36.3. The first-order valence-corrected chi connectivity index (χ1v) is 19.2. The molecule has 53 heavy (non-hydrogen) atoms. The first-order chi connectivity index (χ1) is 24.8. The molecule has 4 rings (SSSR count). The van der Waals surface area contributed by atoms with Gasteiger partial charge in [0.15, 0.2) is 0 Å². The minimum absolute atomic E-state index is 0. The molecular weight excluding hydrogens is 688 g/mol. The number of para-hydroxylation sites is 2. The number of benzene rings is 4. The topological polar surface area (TPSA) is 96.9 Å². The molecule has 0 saturated carbocycles. The van der Waals surface area contributed by atoms with E-state index in [1.54, 1.807) is 0 Å². The van der Waals surface area contributed by atoms with E-state index in [1.165, 1.54) is 22.3 Å². The summed E-state index contributed by atoms with van der Waals surface area (Å²) in [5, 5.41) is 38.0. The SMILES string of the molecule is CC(C)c1cccc(C(C)C)c1[N-]C(O)c1ccccc1.CC(C)c1cccc(C(C)C)c1[N-]C(O)c1ccccc1.CC[N-]CC.CC[N-]CC.[Ti+4]. The van der Waals surface area contributed by atoms with Gasteiger partial charge in [-0.2, -0.15) is 26.2 Å². The predicted molar refractivity (Wildman–Crippen MR) is 227 cm³/mol. The molecule has 288 valence electrons. The first-order valence-electron chi connectivity index (χ1n) is 19.2. The molecule has 0 aliphatic rings. The van der Waals surface area contributed by atoms with Gasteiger partial charge in [-0.05, 0) is 34.8 Å². The van der Waals surface area contributed by atoms with Gasteiger partial charge in [0.05, 0.1) is 0 Å². The molecule has 0 aliphatic carbocycles. The Hall–Kier alpha value is -2.97. The molecule has 0 spiro atoms. The van der Waals surface area contributed by atoms with Crippen LogP contribution in [0, 0.1) is 0 Å². The summed E-state index contributed by atoms with van der Waals surface area (Å²) in [6.45, 7) is 29.3. The summed E-state index contributed by atoms with van der Waals surface area (Å²) in [4.78, 5) is 0. The first kappa shape index (κ1) is 50.0. The van der Waals surface area contributed by atoms with Gasteiger partial charge < -0.3 is 31.5 Å². The molecule has 2 atom stereocenters. The fourth-order valence-electron chi connectivity index (χ4n) is 5.41. The average Bonchev–Trinajstić information content (AvgIpc) is 3.13. The van der Waals surface area contributed by atoms with Gasteiger partial charge in [-0.1, -0.05) is 202 Å². The van der Waals surface area contributed by atoms with Crippen LogP contribution in [0.4, 0.5) is 11.4 Å². The average molecular weight is 757 g/mol. The van der Waals surface area contributed by atoms with Crippen molar-refractivity contribution in [2.24, 2.45) is 0 Å². The van der Waals surface area contributed by atoms with E-state index in [0.29, 0.717) is 23.7 Å². The van der Waals surface area contributed by atoms with Crippen molar-refractivity contribution in [3.05, 3.63) is 152 Å². The van der Waals surface area contributed by atoms with Crippen LogP contribution < -0.4 is 0 Å². The maximum atomic E-state index is 10.4. The Morgan fingerprint density at radius 3 is 0.830 bits per heavy atom. The van der Waals surface area contributed by atoms with Gasteiger partial charge in [0.2, 0.25) is 0 Å². The summed E-state index contributed by atoms with van der Waals surface area (Å²) in [7, 11) is 0. The molecule has 2 N–H and O–H groups in total. The van der Waals surface area contributed by atoms with Crippen molar-refractivity contribution in [3.63, 3.8) is 0 Å². The second kappa shape index (κ2) is 28.5. The van der Waals surface area contributed by atoms with E-state index in [4.69, 9.17) is 0 Å². The fourth-order valence-corrected chi connectivity index (χ4v) is 5.41. The van der Waals surface area contributed by atoms with E-state index in [1.807, 2.05) is 88.4 Å². The van der Waals surface area contributed by atoms with Crippen molar-refractivity contribution in [2.75, 3.05) is 26.2 Å². The second-order valence-corrected chi connectivity index (χ2v) is 13.7. The van der Waals surface area contributed by atoms with E-state index >= 15 is 0 Å². The Bertz CT molecular complexity index is 1310. The predicted octanol–water partition coefficient (Wildman–Crippen LogP) is 14.1. The van der Waals surface area contributed by atoms with Gasteiger partial charge in [0.25, 0.3) is 0 Å². The molecule has 6 nitrogen and oxygen atoms in total. The largest absolute Gasteiger partial charge is 4.00 e. The van der Waals surface area contributed by atoms with Crippen molar-refractivity contribution >= 4 is 11.4 Å². The van der Waals surface area contributed by atoms with E-state index in [9.17, 15) is 10.2 Å². The maximum Gasteiger partial charge on any atom is 4.00 e. The molecule has 0 bridgehead atoms. The van der Waals surface area contributed by atoms with Crippen molar-refractivity contribution in [1.29, 1.82) is 0 Å². The van der Waals surface area contributed by atoms with Crippen molar-refractivity contribution < 1.29 is 31.9 Å². The zero-order chi connectivity index (χ0) is 39.1. The number of nitrogens with zero attached hydrogens (tertiary/aromatic N) is 4. The van der Waals surface area contributed by atoms with Crippen molar-refractivity contribution in [3.8, 4) is 0 Å². The maximum absolute atomic E-state index is 10.4. The van der Waals surface area contributed by atoms with Gasteiger partial charge in [0, 0.05) is 12.5 Å². The van der Waals surface area contributed by atoms with Crippen LogP contribution in [0.5, 0.6) is 0 Å². The minimum Gasteiger partial charge on any atom is -0.663 e. The summed E-state index contributed by atoms with van der Waals surface area (Å²) in [5.74, 6) is 1.52. The minimum atomic E-state index is -0.816. The van der Waals surface area contributed by atoms with Gasteiger partial charge >= 0.3 is 21.7 Å². The molecule has 7 heteroatoms. The molecule has 4 aromatic carbocycles. The standard InChI is InChI=1S/2C19H24NO.2C4H10N.Ti/c2*1-13(2)16-11-8-12-17(14(3)4)18(16)20-19(21)15-9-6-5-7-10-15;2*1-3-5-4-2;/h2*5-14,19,21H,1-4H3;2*3-4H2,1-2H3;/q4*-1;+4. The van der Waals surface area contributed by atoms with Crippen molar-refractivity contribution in [2.45, 2.75) is 119 Å². The summed E-state index contributed by atoms with van der Waals surface area (Å²) in [5.41, 5.74) is 8.30. The summed E-state index contributed by atoms with van der Waals surface area (Å²) in [6, 6.07) is 31.8. The fraction of sp³-hybridized carbons (Fsp3) is 0.478. The number of aliphatic hydroxyl groups is 2. The molecule has 0 radical (unpaired) electrons. The number of hydrogen-bond donors (Lipinski definition) is 2. The third kappa shape index (κ3) is 18.3. The Labute approximate surface area is 338 Å². The molecule has 0 saturated heterocycles. The molecule has 4 aromatic rings. The van der Waals surface area contributed by atoms with Crippen molar-refractivity contribution in [1.82, 2.24) is 0 Å². The van der Waals surface area contributed by atoms with E-state index < -0.39 is 12.5 Å². The molecule has 0 fully saturated rings. The van der Waals surface area contributed by atoms with Crippen LogP contribution in [0.2, 0.25) is 0 Å². The molecule has 0 aromatic heterocycles. The Kier molecular flexibility index (Phi) is 26.9. The molecule has 0 heterocycles. The number of hydrogen-bond acceptors (Lipinski definition) is 2. The molecule has 2 unspecified atom stereocenters. The van der Waals surface area contributed by atoms with E-state index in [0.717, 1.165) is 48.7 Å².